The molecule has 0 fully saturated rings. The minimum absolute atomic E-state index is 0.113. The molecule has 0 radical (unpaired) electrons. The maximum atomic E-state index is 12.5. The van der Waals surface area contributed by atoms with Crippen LogP contribution in [0.1, 0.15) is 15.9 Å². The van der Waals surface area contributed by atoms with E-state index in [4.69, 9.17) is 5.73 Å². The van der Waals surface area contributed by atoms with Crippen molar-refractivity contribution in [1.29, 1.82) is 0 Å². The van der Waals surface area contributed by atoms with Crippen LogP contribution in [-0.4, -0.2) is 26.0 Å². The smallest absolute Gasteiger partial charge is 0.261 e. The molecule has 0 aliphatic carbocycles. The quantitative estimate of drug-likeness (QED) is 0.448. The second kappa shape index (κ2) is 9.67. The predicted molar refractivity (Wildman–Crippen MR) is 123 cm³/mol. The van der Waals surface area contributed by atoms with Crippen molar-refractivity contribution in [2.45, 2.75) is 16.7 Å². The summed E-state index contributed by atoms with van der Waals surface area (Å²) >= 11 is 1.28. The number of carbonyl (C=O) groups excluding carboxylic acids is 2. The Morgan fingerprint density at radius 1 is 0.935 bits per heavy atom. The Hall–Kier alpha value is -3.30. The van der Waals surface area contributed by atoms with Gasteiger partial charge < -0.3 is 11.1 Å². The van der Waals surface area contributed by atoms with Crippen LogP contribution in [0, 0.1) is 6.92 Å². The molecule has 9 heteroatoms. The van der Waals surface area contributed by atoms with Crippen LogP contribution in [0.15, 0.2) is 82.6 Å². The first-order valence-electron chi connectivity index (χ1n) is 9.25. The van der Waals surface area contributed by atoms with Gasteiger partial charge in [0.05, 0.1) is 21.9 Å². The second-order valence-corrected chi connectivity index (χ2v) is 9.42. The molecular weight excluding hydrogens is 434 g/mol. The van der Waals surface area contributed by atoms with Gasteiger partial charge in [0.1, 0.15) is 0 Å². The number of para-hydroxylation sites is 1. The van der Waals surface area contributed by atoms with Gasteiger partial charge in [-0.1, -0.05) is 29.8 Å². The summed E-state index contributed by atoms with van der Waals surface area (Å²) in [6, 6.07) is 19.8. The number of anilines is 2. The van der Waals surface area contributed by atoms with E-state index in [0.29, 0.717) is 11.4 Å². The highest BCUT2D eigenvalue weighted by molar-refractivity contribution is 8.00. The number of amides is 2. The lowest BCUT2D eigenvalue weighted by Gasteiger charge is -2.10. The number of hydrogen-bond donors (Lipinski definition) is 3. The van der Waals surface area contributed by atoms with Crippen molar-refractivity contribution in [3.8, 4) is 0 Å². The zero-order chi connectivity index (χ0) is 22.4. The molecule has 0 heterocycles. The van der Waals surface area contributed by atoms with E-state index in [1.165, 1.54) is 11.8 Å². The number of aryl methyl sites for hydroxylation is 1. The average Bonchev–Trinajstić information content (AvgIpc) is 2.73. The van der Waals surface area contributed by atoms with Gasteiger partial charge in [0.2, 0.25) is 5.91 Å². The molecule has 2 amide bonds. The first-order valence-corrected chi connectivity index (χ1v) is 11.7. The predicted octanol–water partition coefficient (Wildman–Crippen LogP) is 3.63. The molecular formula is C22H21N3O4S2. The highest BCUT2D eigenvalue weighted by atomic mass is 32.2. The zero-order valence-electron chi connectivity index (χ0n) is 16.7. The molecule has 0 saturated heterocycles. The number of nitrogens with two attached hydrogens (primary N) is 1. The van der Waals surface area contributed by atoms with Gasteiger partial charge >= 0.3 is 0 Å². The number of nitrogens with one attached hydrogen (secondary N) is 2. The van der Waals surface area contributed by atoms with Crippen LogP contribution in [0.5, 0.6) is 0 Å². The Morgan fingerprint density at radius 2 is 1.58 bits per heavy atom. The maximum Gasteiger partial charge on any atom is 0.261 e. The van der Waals surface area contributed by atoms with Gasteiger partial charge in [-0.3, -0.25) is 14.3 Å². The monoisotopic (exact) mass is 455 g/mol. The molecule has 3 aromatic carbocycles. The Bertz CT molecular complexity index is 1190. The summed E-state index contributed by atoms with van der Waals surface area (Å²) in [7, 11) is -3.67. The van der Waals surface area contributed by atoms with E-state index < -0.39 is 15.9 Å². The first-order chi connectivity index (χ1) is 14.7. The van der Waals surface area contributed by atoms with E-state index in [9.17, 15) is 18.0 Å². The van der Waals surface area contributed by atoms with Crippen molar-refractivity contribution in [2.24, 2.45) is 5.73 Å². The molecule has 0 spiro atoms. The summed E-state index contributed by atoms with van der Waals surface area (Å²) in [6.45, 7) is 1.89. The number of thioether (sulfide) groups is 1. The summed E-state index contributed by atoms with van der Waals surface area (Å²) in [5, 5.41) is 2.67. The molecule has 0 atom stereocenters. The van der Waals surface area contributed by atoms with Crippen LogP contribution in [-0.2, 0) is 14.8 Å². The zero-order valence-corrected chi connectivity index (χ0v) is 18.3. The second-order valence-electron chi connectivity index (χ2n) is 6.69. The molecule has 3 aromatic rings. The summed E-state index contributed by atoms with van der Waals surface area (Å²) in [6.07, 6.45) is 0. The van der Waals surface area contributed by atoms with Crippen molar-refractivity contribution in [2.75, 3.05) is 15.8 Å². The van der Waals surface area contributed by atoms with Gasteiger partial charge in [-0.05, 0) is 55.5 Å². The third-order valence-corrected chi connectivity index (χ3v) is 6.68. The molecule has 4 N–H and O–H groups in total. The number of primary amides is 1. The van der Waals surface area contributed by atoms with E-state index >= 15 is 0 Å². The lowest BCUT2D eigenvalue weighted by atomic mass is 10.1. The fraction of sp³-hybridized carbons (Fsp3) is 0.0909. The molecule has 0 aliphatic heterocycles. The highest BCUT2D eigenvalue weighted by Gasteiger charge is 2.14. The lowest BCUT2D eigenvalue weighted by molar-refractivity contribution is -0.113. The van der Waals surface area contributed by atoms with Crippen molar-refractivity contribution in [3.63, 3.8) is 0 Å². The molecule has 0 saturated carbocycles. The van der Waals surface area contributed by atoms with Crippen LogP contribution < -0.4 is 15.8 Å². The number of sulfonamides is 1. The largest absolute Gasteiger partial charge is 0.366 e. The summed E-state index contributed by atoms with van der Waals surface area (Å²) in [5.74, 6) is -0.795. The van der Waals surface area contributed by atoms with Crippen LogP contribution >= 0.6 is 11.8 Å². The first kappa shape index (κ1) is 22.4. The highest BCUT2D eigenvalue weighted by Crippen LogP contribution is 2.23. The third-order valence-electron chi connectivity index (χ3n) is 4.27. The van der Waals surface area contributed by atoms with Gasteiger partial charge in [-0.25, -0.2) is 8.42 Å². The van der Waals surface area contributed by atoms with E-state index in [2.05, 4.69) is 10.0 Å². The van der Waals surface area contributed by atoms with Crippen LogP contribution in [0.25, 0.3) is 0 Å². The minimum Gasteiger partial charge on any atom is -0.366 e. The molecule has 0 unspecified atom stereocenters. The van der Waals surface area contributed by atoms with E-state index in [0.717, 1.165) is 10.5 Å². The lowest BCUT2D eigenvalue weighted by Crippen LogP contribution is -2.19. The summed E-state index contributed by atoms with van der Waals surface area (Å²) in [5.41, 5.74) is 7.31. The Morgan fingerprint density at radius 3 is 2.23 bits per heavy atom. The fourth-order valence-electron chi connectivity index (χ4n) is 2.69. The Labute approximate surface area is 185 Å². The van der Waals surface area contributed by atoms with Gasteiger partial charge in [0.15, 0.2) is 0 Å². The number of benzene rings is 3. The SMILES string of the molecule is Cc1ccc(S(=O)(=O)Nc2ccc(SCC(=O)Nc3ccccc3C(N)=O)cc2)cc1. The van der Waals surface area contributed by atoms with E-state index in [1.807, 2.05) is 6.92 Å². The van der Waals surface area contributed by atoms with Crippen molar-refractivity contribution in [1.82, 2.24) is 0 Å². The van der Waals surface area contributed by atoms with Crippen molar-refractivity contribution < 1.29 is 18.0 Å². The standard InChI is InChI=1S/C22H21N3O4S2/c1-15-6-12-18(13-7-15)31(28,29)25-16-8-10-17(11-9-16)30-14-21(26)24-20-5-3-2-4-19(20)22(23)27/h2-13,25H,14H2,1H3,(H2,23,27)(H,24,26). The van der Waals surface area contributed by atoms with Gasteiger partial charge in [-0.15, -0.1) is 11.8 Å². The van der Waals surface area contributed by atoms with Crippen LogP contribution in [0.2, 0.25) is 0 Å². The minimum atomic E-state index is -3.67. The van der Waals surface area contributed by atoms with Crippen LogP contribution in [0.4, 0.5) is 11.4 Å². The number of carbonyl (C=O) groups is 2. The topological polar surface area (TPSA) is 118 Å². The van der Waals surface area contributed by atoms with Gasteiger partial charge in [0.25, 0.3) is 15.9 Å². The van der Waals surface area contributed by atoms with E-state index in [-0.39, 0.29) is 22.1 Å². The number of rotatable bonds is 8. The van der Waals surface area contributed by atoms with Crippen molar-refractivity contribution in [3.05, 3.63) is 83.9 Å². The van der Waals surface area contributed by atoms with Crippen LogP contribution in [0.3, 0.4) is 0 Å². The average molecular weight is 456 g/mol. The molecule has 0 aliphatic rings. The Balaban J connectivity index is 1.58. The van der Waals surface area contributed by atoms with Crippen molar-refractivity contribution >= 4 is 45.0 Å². The fourth-order valence-corrected chi connectivity index (χ4v) is 4.45. The maximum absolute atomic E-state index is 12.5. The van der Waals surface area contributed by atoms with Gasteiger partial charge in [-0.2, -0.15) is 0 Å². The summed E-state index contributed by atoms with van der Waals surface area (Å²) in [4.78, 5) is 24.6. The molecule has 31 heavy (non-hydrogen) atoms. The molecule has 3 rings (SSSR count). The number of hydrogen-bond acceptors (Lipinski definition) is 5. The molecule has 7 nitrogen and oxygen atoms in total. The normalized spacial score (nSPS) is 11.0. The third kappa shape index (κ3) is 6.09. The Kier molecular flexibility index (Phi) is 6.98. The van der Waals surface area contributed by atoms with Gasteiger partial charge in [0, 0.05) is 10.6 Å². The molecule has 0 bridgehead atoms. The summed E-state index contributed by atoms with van der Waals surface area (Å²) < 4.78 is 27.5. The molecule has 0 aromatic heterocycles. The molecule has 160 valence electrons. The van der Waals surface area contributed by atoms with E-state index in [1.54, 1.807) is 72.8 Å².